The zero-order chi connectivity index (χ0) is 9.26. The van der Waals surface area contributed by atoms with Crippen LogP contribution in [0.25, 0.3) is 0 Å². The zero-order valence-corrected chi connectivity index (χ0v) is 9.82. The molecule has 1 aliphatic heterocycles. The van der Waals surface area contributed by atoms with Crippen LogP contribution in [0.15, 0.2) is 15.9 Å². The van der Waals surface area contributed by atoms with Gasteiger partial charge in [0, 0.05) is 10.9 Å². The van der Waals surface area contributed by atoms with Crippen LogP contribution in [-0.2, 0) is 4.74 Å². The van der Waals surface area contributed by atoms with Gasteiger partial charge in [0.1, 0.15) is 0 Å². The van der Waals surface area contributed by atoms with E-state index in [2.05, 4.69) is 40.3 Å². The third kappa shape index (κ3) is 2.31. The summed E-state index contributed by atoms with van der Waals surface area (Å²) in [7, 11) is 0. The van der Waals surface area contributed by atoms with Crippen molar-refractivity contribution < 1.29 is 4.74 Å². The predicted molar refractivity (Wildman–Crippen MR) is 58.2 cm³/mol. The van der Waals surface area contributed by atoms with Crippen LogP contribution in [0.3, 0.4) is 0 Å². The first kappa shape index (κ1) is 9.65. The van der Waals surface area contributed by atoms with Crippen LogP contribution >= 0.6 is 27.3 Å². The molecule has 0 bridgehead atoms. The molecule has 13 heavy (non-hydrogen) atoms. The summed E-state index contributed by atoms with van der Waals surface area (Å²) in [5, 5.41) is 3.51. The summed E-state index contributed by atoms with van der Waals surface area (Å²) >= 11 is 5.25. The van der Waals surface area contributed by atoms with Crippen LogP contribution in [0.1, 0.15) is 17.8 Å². The van der Waals surface area contributed by atoms with Gasteiger partial charge in [0.15, 0.2) is 0 Å². The second-order valence-electron chi connectivity index (χ2n) is 3.26. The van der Waals surface area contributed by atoms with Crippen molar-refractivity contribution in [2.45, 2.75) is 19.0 Å². The molecule has 1 aromatic heterocycles. The first-order valence-electron chi connectivity index (χ1n) is 4.35. The highest BCUT2D eigenvalue weighted by molar-refractivity contribution is 9.11. The van der Waals surface area contributed by atoms with Crippen LogP contribution in [0.2, 0.25) is 0 Å². The molecule has 72 valence electrons. The Balaban J connectivity index is 1.92. The molecule has 1 atom stereocenters. The van der Waals surface area contributed by atoms with E-state index in [0.29, 0.717) is 12.1 Å². The Morgan fingerprint density at radius 2 is 2.38 bits per heavy atom. The zero-order valence-electron chi connectivity index (χ0n) is 7.42. The SMILES string of the molecule is C[C@@H](NC1COC1)c1ccc(Br)s1. The third-order valence-corrected chi connectivity index (χ3v) is 3.95. The van der Waals surface area contributed by atoms with Gasteiger partial charge in [-0.1, -0.05) is 0 Å². The minimum absolute atomic E-state index is 0.435. The lowest BCUT2D eigenvalue weighted by Crippen LogP contribution is -2.46. The first-order valence-corrected chi connectivity index (χ1v) is 5.95. The van der Waals surface area contributed by atoms with E-state index in [1.807, 2.05) is 0 Å². The maximum absolute atomic E-state index is 5.11. The van der Waals surface area contributed by atoms with Crippen LogP contribution in [0, 0.1) is 0 Å². The van der Waals surface area contributed by atoms with Crippen molar-refractivity contribution in [3.63, 3.8) is 0 Å². The molecule has 0 aromatic carbocycles. The number of hydrogen-bond donors (Lipinski definition) is 1. The number of nitrogens with one attached hydrogen (secondary N) is 1. The minimum Gasteiger partial charge on any atom is -0.378 e. The van der Waals surface area contributed by atoms with Crippen molar-refractivity contribution in [3.8, 4) is 0 Å². The van der Waals surface area contributed by atoms with E-state index < -0.39 is 0 Å². The van der Waals surface area contributed by atoms with E-state index in [4.69, 9.17) is 4.74 Å². The standard InChI is InChI=1S/C9H12BrNOS/c1-6(11-7-4-12-5-7)8-2-3-9(10)13-8/h2-3,6-7,11H,4-5H2,1H3/t6-/m1/s1. The number of ether oxygens (including phenoxy) is 1. The number of rotatable bonds is 3. The summed E-state index contributed by atoms with van der Waals surface area (Å²) in [6.07, 6.45) is 0. The molecule has 0 unspecified atom stereocenters. The molecular formula is C9H12BrNOS. The second kappa shape index (κ2) is 4.09. The maximum Gasteiger partial charge on any atom is 0.0701 e. The Bertz CT molecular complexity index is 285. The van der Waals surface area contributed by atoms with Gasteiger partial charge in [0.25, 0.3) is 0 Å². The summed E-state index contributed by atoms with van der Waals surface area (Å²) in [5.41, 5.74) is 0. The van der Waals surface area contributed by atoms with Gasteiger partial charge in [-0.2, -0.15) is 0 Å². The molecular weight excluding hydrogens is 250 g/mol. The van der Waals surface area contributed by atoms with E-state index in [1.165, 1.54) is 8.66 Å². The van der Waals surface area contributed by atoms with Crippen molar-refractivity contribution in [1.82, 2.24) is 5.32 Å². The van der Waals surface area contributed by atoms with Gasteiger partial charge in [-0.05, 0) is 35.0 Å². The Morgan fingerprint density at radius 1 is 1.62 bits per heavy atom. The fourth-order valence-electron chi connectivity index (χ4n) is 1.33. The minimum atomic E-state index is 0.435. The van der Waals surface area contributed by atoms with Gasteiger partial charge in [-0.15, -0.1) is 11.3 Å². The Labute approximate surface area is 90.4 Å². The lowest BCUT2D eigenvalue weighted by atomic mass is 10.2. The molecule has 1 saturated heterocycles. The van der Waals surface area contributed by atoms with Crippen molar-refractivity contribution in [2.75, 3.05) is 13.2 Å². The van der Waals surface area contributed by atoms with Crippen molar-refractivity contribution >= 4 is 27.3 Å². The highest BCUT2D eigenvalue weighted by Gasteiger charge is 2.20. The van der Waals surface area contributed by atoms with Gasteiger partial charge in [-0.3, -0.25) is 0 Å². The van der Waals surface area contributed by atoms with E-state index >= 15 is 0 Å². The predicted octanol–water partition coefficient (Wildman–Crippen LogP) is 2.56. The van der Waals surface area contributed by atoms with Crippen molar-refractivity contribution in [2.24, 2.45) is 0 Å². The smallest absolute Gasteiger partial charge is 0.0701 e. The summed E-state index contributed by atoms with van der Waals surface area (Å²) in [5.74, 6) is 0. The molecule has 2 nitrogen and oxygen atoms in total. The molecule has 1 fully saturated rings. The Morgan fingerprint density at radius 3 is 2.85 bits per heavy atom. The number of halogens is 1. The largest absolute Gasteiger partial charge is 0.378 e. The van der Waals surface area contributed by atoms with Gasteiger partial charge in [0.05, 0.1) is 23.0 Å². The maximum atomic E-state index is 5.11. The van der Waals surface area contributed by atoms with Crippen LogP contribution in [0.5, 0.6) is 0 Å². The summed E-state index contributed by atoms with van der Waals surface area (Å²) in [4.78, 5) is 1.37. The third-order valence-electron chi connectivity index (χ3n) is 2.14. The average molecular weight is 262 g/mol. The van der Waals surface area contributed by atoms with E-state index in [0.717, 1.165) is 13.2 Å². The van der Waals surface area contributed by atoms with E-state index in [1.54, 1.807) is 11.3 Å². The van der Waals surface area contributed by atoms with Crippen molar-refractivity contribution in [3.05, 3.63) is 20.8 Å². The van der Waals surface area contributed by atoms with Crippen LogP contribution < -0.4 is 5.32 Å². The number of hydrogen-bond acceptors (Lipinski definition) is 3. The van der Waals surface area contributed by atoms with Crippen LogP contribution in [-0.4, -0.2) is 19.3 Å². The Hall–Kier alpha value is 0.1000. The highest BCUT2D eigenvalue weighted by Crippen LogP contribution is 2.27. The summed E-state index contributed by atoms with van der Waals surface area (Å²) in [6.45, 7) is 3.91. The molecule has 2 rings (SSSR count). The normalized spacial score (nSPS) is 19.8. The van der Waals surface area contributed by atoms with Gasteiger partial charge < -0.3 is 10.1 Å². The second-order valence-corrected chi connectivity index (χ2v) is 5.76. The molecule has 0 radical (unpaired) electrons. The monoisotopic (exact) mass is 261 g/mol. The molecule has 0 amide bonds. The summed E-state index contributed by atoms with van der Waals surface area (Å²) in [6, 6.07) is 5.24. The molecule has 2 heterocycles. The van der Waals surface area contributed by atoms with E-state index in [-0.39, 0.29) is 0 Å². The summed E-state index contributed by atoms with van der Waals surface area (Å²) < 4.78 is 6.30. The molecule has 1 N–H and O–H groups in total. The van der Waals surface area contributed by atoms with Gasteiger partial charge >= 0.3 is 0 Å². The molecule has 1 aliphatic rings. The topological polar surface area (TPSA) is 21.3 Å². The molecule has 0 spiro atoms. The molecule has 0 saturated carbocycles. The lowest BCUT2D eigenvalue weighted by Gasteiger charge is -2.29. The van der Waals surface area contributed by atoms with Crippen molar-refractivity contribution in [1.29, 1.82) is 0 Å². The lowest BCUT2D eigenvalue weighted by molar-refractivity contribution is -0.00909. The van der Waals surface area contributed by atoms with Gasteiger partial charge in [-0.25, -0.2) is 0 Å². The molecule has 1 aromatic rings. The fraction of sp³-hybridized carbons (Fsp3) is 0.556. The molecule has 0 aliphatic carbocycles. The number of thiophene rings is 1. The average Bonchev–Trinajstić information content (AvgIpc) is 2.44. The van der Waals surface area contributed by atoms with Crippen LogP contribution in [0.4, 0.5) is 0 Å². The molecule has 4 heteroatoms. The van der Waals surface area contributed by atoms with E-state index in [9.17, 15) is 0 Å². The van der Waals surface area contributed by atoms with Gasteiger partial charge in [0.2, 0.25) is 0 Å². The highest BCUT2D eigenvalue weighted by atomic mass is 79.9. The quantitative estimate of drug-likeness (QED) is 0.903. The first-order chi connectivity index (χ1) is 6.25. The Kier molecular flexibility index (Phi) is 3.03. The fourth-order valence-corrected chi connectivity index (χ4v) is 2.76.